The molecule has 0 unspecified atom stereocenters. The second-order valence-corrected chi connectivity index (χ2v) is 7.95. The predicted molar refractivity (Wildman–Crippen MR) is 63.5 cm³/mol. The van der Waals surface area contributed by atoms with Crippen molar-refractivity contribution in [3.05, 3.63) is 29.3 Å². The van der Waals surface area contributed by atoms with Gasteiger partial charge in [-0.15, -0.1) is 3.71 Å². The van der Waals surface area contributed by atoms with E-state index in [1.807, 2.05) is 0 Å². The first-order valence-corrected chi connectivity index (χ1v) is 8.48. The van der Waals surface area contributed by atoms with E-state index >= 15 is 0 Å². The van der Waals surface area contributed by atoms with Crippen LogP contribution in [0.25, 0.3) is 0 Å². The third kappa shape index (κ3) is 3.39. The van der Waals surface area contributed by atoms with E-state index in [0.29, 0.717) is 0 Å². The minimum atomic E-state index is -4.57. The predicted octanol–water partition coefficient (Wildman–Crippen LogP) is 2.11. The molecule has 0 fully saturated rings. The van der Waals surface area contributed by atoms with Crippen molar-refractivity contribution in [2.24, 2.45) is 0 Å². The molecular weight excluding hydrogens is 321 g/mol. The third-order valence-electron chi connectivity index (χ3n) is 1.42. The van der Waals surface area contributed by atoms with Gasteiger partial charge in [-0.25, -0.2) is 0 Å². The number of hydrogen-bond acceptors (Lipinski definition) is 4. The number of nitrogens with zero attached hydrogens (tertiary/aromatic N) is 1. The van der Waals surface area contributed by atoms with Crippen LogP contribution in [0.4, 0.5) is 5.69 Å². The molecule has 0 radical (unpaired) electrons. The largest absolute Gasteiger partial charge is 0.335 e. The minimum Gasteiger partial charge on any atom is -0.188 e. The number of benzene rings is 1. The Bertz CT molecular complexity index is 566. The molecule has 0 aliphatic rings. The van der Waals surface area contributed by atoms with Crippen molar-refractivity contribution in [3.8, 4) is 0 Å². The highest BCUT2D eigenvalue weighted by Gasteiger charge is 2.31. The molecule has 10 heteroatoms. The summed E-state index contributed by atoms with van der Waals surface area (Å²) in [5.41, 5.74) is -0.266. The van der Waals surface area contributed by atoms with Crippen LogP contribution in [0.2, 0.25) is 5.02 Å². The van der Waals surface area contributed by atoms with Gasteiger partial charge in [0.25, 0.3) is 0 Å². The average Bonchev–Trinajstić information content (AvgIpc) is 1.97. The summed E-state index contributed by atoms with van der Waals surface area (Å²) in [6.07, 6.45) is 0. The molecular formula is C6H4Cl3NO4S2. The zero-order valence-corrected chi connectivity index (χ0v) is 11.2. The van der Waals surface area contributed by atoms with E-state index in [2.05, 4.69) is 0 Å². The number of anilines is 1. The fourth-order valence-electron chi connectivity index (χ4n) is 0.948. The Hall–Kier alpha value is -0.210. The summed E-state index contributed by atoms with van der Waals surface area (Å²) in [7, 11) is 0.793. The first kappa shape index (κ1) is 13.9. The van der Waals surface area contributed by atoms with E-state index in [0.717, 1.165) is 6.07 Å². The van der Waals surface area contributed by atoms with Gasteiger partial charge >= 0.3 is 18.5 Å². The summed E-state index contributed by atoms with van der Waals surface area (Å²) in [5, 5.41) is 0.142. The van der Waals surface area contributed by atoms with Crippen LogP contribution in [0.15, 0.2) is 24.3 Å². The SMILES string of the molecule is O=S(=O)(Cl)N(c1cccc(Cl)c1)S(=O)(=O)Cl. The fourth-order valence-corrected chi connectivity index (χ4v) is 4.79. The standard InChI is InChI=1S/C6H4Cl3NO4S2/c7-5-2-1-3-6(4-5)10(15(8,11)12)16(9,13)14/h1-4H. The van der Waals surface area contributed by atoms with E-state index in [1.165, 1.54) is 18.2 Å². The molecule has 0 N–H and O–H groups in total. The average molecular weight is 325 g/mol. The zero-order chi connectivity index (χ0) is 12.6. The van der Waals surface area contributed by atoms with Crippen molar-refractivity contribution in [1.29, 1.82) is 0 Å². The molecule has 16 heavy (non-hydrogen) atoms. The Kier molecular flexibility index (Phi) is 3.96. The first-order chi connectivity index (χ1) is 7.12. The second kappa shape index (κ2) is 4.58. The topological polar surface area (TPSA) is 71.5 Å². The molecule has 1 rings (SSSR count). The highest BCUT2D eigenvalue weighted by molar-refractivity contribution is 8.29. The lowest BCUT2D eigenvalue weighted by atomic mass is 10.3. The third-order valence-corrected chi connectivity index (χ3v) is 5.36. The van der Waals surface area contributed by atoms with Gasteiger partial charge in [-0.1, -0.05) is 17.7 Å². The second-order valence-electron chi connectivity index (χ2n) is 2.56. The van der Waals surface area contributed by atoms with Gasteiger partial charge < -0.3 is 0 Å². The summed E-state index contributed by atoms with van der Waals surface area (Å²) in [6.45, 7) is 0. The van der Waals surface area contributed by atoms with Crippen LogP contribution in [0.1, 0.15) is 0 Å². The van der Waals surface area contributed by atoms with E-state index in [-0.39, 0.29) is 14.4 Å². The van der Waals surface area contributed by atoms with Crippen molar-refractivity contribution < 1.29 is 16.8 Å². The summed E-state index contributed by atoms with van der Waals surface area (Å²) in [4.78, 5) is 0. The Labute approximate surface area is 107 Å². The monoisotopic (exact) mass is 323 g/mol. The molecule has 0 spiro atoms. The van der Waals surface area contributed by atoms with Crippen molar-refractivity contribution in [2.75, 3.05) is 3.71 Å². The van der Waals surface area contributed by atoms with Crippen molar-refractivity contribution in [2.45, 2.75) is 0 Å². The van der Waals surface area contributed by atoms with E-state index in [1.54, 1.807) is 0 Å². The van der Waals surface area contributed by atoms with Gasteiger partial charge in [-0.2, -0.15) is 16.8 Å². The van der Waals surface area contributed by atoms with Gasteiger partial charge in [-0.05, 0) is 18.2 Å². The molecule has 0 saturated heterocycles. The molecule has 0 amide bonds. The molecule has 1 aromatic rings. The number of rotatable bonds is 3. The summed E-state index contributed by atoms with van der Waals surface area (Å²) in [5.74, 6) is 0. The molecule has 0 aliphatic carbocycles. The van der Waals surface area contributed by atoms with Crippen molar-refractivity contribution in [1.82, 2.24) is 0 Å². The summed E-state index contributed by atoms with van der Waals surface area (Å²) < 4.78 is 44.2. The first-order valence-electron chi connectivity index (χ1n) is 3.57. The van der Waals surface area contributed by atoms with Gasteiger partial charge in [0.1, 0.15) is 0 Å². The summed E-state index contributed by atoms with van der Waals surface area (Å²) in [6, 6.07) is 5.08. The molecule has 0 bridgehead atoms. The Morgan fingerprint density at radius 1 is 1.00 bits per heavy atom. The van der Waals surface area contributed by atoms with Crippen LogP contribution in [-0.4, -0.2) is 16.8 Å². The molecule has 5 nitrogen and oxygen atoms in total. The van der Waals surface area contributed by atoms with E-state index in [4.69, 9.17) is 33.0 Å². The molecule has 1 aromatic carbocycles. The van der Waals surface area contributed by atoms with Crippen LogP contribution < -0.4 is 3.71 Å². The summed E-state index contributed by atoms with van der Waals surface area (Å²) >= 11 is 5.59. The maximum Gasteiger partial charge on any atom is 0.335 e. The minimum absolute atomic E-state index is 0.130. The molecule has 0 aliphatic heterocycles. The van der Waals surface area contributed by atoms with Gasteiger partial charge in [0.2, 0.25) is 0 Å². The Morgan fingerprint density at radius 3 is 1.88 bits per heavy atom. The maximum absolute atomic E-state index is 11.1. The quantitative estimate of drug-likeness (QED) is 0.798. The van der Waals surface area contributed by atoms with Crippen LogP contribution in [0, 0.1) is 0 Å². The lowest BCUT2D eigenvalue weighted by Gasteiger charge is -2.16. The van der Waals surface area contributed by atoms with Crippen LogP contribution in [-0.2, 0) is 18.5 Å². The maximum atomic E-state index is 11.1. The molecule has 0 atom stereocenters. The normalized spacial score (nSPS) is 12.4. The Morgan fingerprint density at radius 2 is 1.50 bits per heavy atom. The van der Waals surface area contributed by atoms with E-state index < -0.39 is 18.5 Å². The molecule has 0 aromatic heterocycles. The smallest absolute Gasteiger partial charge is 0.188 e. The van der Waals surface area contributed by atoms with Crippen molar-refractivity contribution in [3.63, 3.8) is 0 Å². The van der Waals surface area contributed by atoms with Gasteiger partial charge in [0.15, 0.2) is 0 Å². The van der Waals surface area contributed by atoms with Gasteiger partial charge in [0, 0.05) is 26.4 Å². The van der Waals surface area contributed by atoms with Crippen molar-refractivity contribution >= 4 is 57.1 Å². The highest BCUT2D eigenvalue weighted by atomic mass is 35.7. The Balaban J connectivity index is 3.47. The van der Waals surface area contributed by atoms with Crippen LogP contribution >= 0.6 is 33.0 Å². The lowest BCUT2D eigenvalue weighted by Crippen LogP contribution is -2.30. The zero-order valence-electron chi connectivity index (χ0n) is 7.34. The highest BCUT2D eigenvalue weighted by Crippen LogP contribution is 2.28. The van der Waals surface area contributed by atoms with Gasteiger partial charge in [-0.3, -0.25) is 0 Å². The lowest BCUT2D eigenvalue weighted by molar-refractivity contribution is 0.599. The fraction of sp³-hybridized carbons (Fsp3) is 0. The molecule has 90 valence electrons. The molecule has 0 saturated carbocycles. The van der Waals surface area contributed by atoms with Crippen LogP contribution in [0.5, 0.6) is 0 Å². The van der Waals surface area contributed by atoms with Crippen LogP contribution in [0.3, 0.4) is 0 Å². The number of hydrogen-bond donors (Lipinski definition) is 0. The van der Waals surface area contributed by atoms with E-state index in [9.17, 15) is 16.8 Å². The number of halogens is 3. The van der Waals surface area contributed by atoms with Gasteiger partial charge in [0.05, 0.1) is 5.69 Å². The molecule has 0 heterocycles.